The van der Waals surface area contributed by atoms with Gasteiger partial charge in [0.2, 0.25) is 0 Å². The molecule has 1 saturated carbocycles. The summed E-state index contributed by atoms with van der Waals surface area (Å²) in [5, 5.41) is 6.71. The molecule has 1 unspecified atom stereocenters. The minimum absolute atomic E-state index is 0. The highest BCUT2D eigenvalue weighted by atomic mass is 127. The van der Waals surface area contributed by atoms with E-state index in [0.717, 1.165) is 25.5 Å². The quantitative estimate of drug-likeness (QED) is 0.323. The molecule has 1 atom stereocenters. The minimum Gasteiger partial charge on any atom is -0.489 e. The summed E-state index contributed by atoms with van der Waals surface area (Å²) in [6.07, 6.45) is 4.79. The Labute approximate surface area is 173 Å². The highest BCUT2D eigenvalue weighted by molar-refractivity contribution is 14.0. The number of hydrogen-bond acceptors (Lipinski definition) is 3. The third-order valence-corrected chi connectivity index (χ3v) is 4.81. The molecule has 7 heteroatoms. The van der Waals surface area contributed by atoms with Crippen LogP contribution in [0.5, 0.6) is 5.75 Å². The van der Waals surface area contributed by atoms with Crippen LogP contribution in [0.3, 0.4) is 0 Å². The number of nitrogens with zero attached hydrogens (tertiary/aromatic N) is 1. The second-order valence-electron chi connectivity index (χ2n) is 6.79. The van der Waals surface area contributed by atoms with Crippen molar-refractivity contribution in [1.29, 1.82) is 0 Å². The third-order valence-electron chi connectivity index (χ3n) is 4.81. The summed E-state index contributed by atoms with van der Waals surface area (Å²) in [6, 6.07) is 6.06. The van der Waals surface area contributed by atoms with E-state index < -0.39 is 0 Å². The maximum absolute atomic E-state index is 12.9. The van der Waals surface area contributed by atoms with Crippen LogP contribution in [0.15, 0.2) is 29.3 Å². The summed E-state index contributed by atoms with van der Waals surface area (Å²) >= 11 is 0. The Morgan fingerprint density at radius 3 is 2.50 bits per heavy atom. The zero-order valence-electron chi connectivity index (χ0n) is 15.9. The molecule has 0 aliphatic heterocycles. The number of benzene rings is 1. The molecule has 0 radical (unpaired) electrons. The summed E-state index contributed by atoms with van der Waals surface area (Å²) in [5.74, 6) is 1.17. The van der Waals surface area contributed by atoms with Crippen molar-refractivity contribution in [1.82, 2.24) is 10.6 Å². The smallest absolute Gasteiger partial charge is 0.191 e. The van der Waals surface area contributed by atoms with Crippen LogP contribution in [0.2, 0.25) is 0 Å². The van der Waals surface area contributed by atoms with Gasteiger partial charge in [0.25, 0.3) is 0 Å². The molecule has 1 fully saturated rings. The number of guanidine groups is 1. The second-order valence-corrected chi connectivity index (χ2v) is 6.79. The van der Waals surface area contributed by atoms with E-state index in [4.69, 9.17) is 9.47 Å². The van der Waals surface area contributed by atoms with Gasteiger partial charge in [-0.25, -0.2) is 4.39 Å². The Morgan fingerprint density at radius 2 is 1.96 bits per heavy atom. The summed E-state index contributed by atoms with van der Waals surface area (Å²) < 4.78 is 23.9. The topological polar surface area (TPSA) is 54.9 Å². The van der Waals surface area contributed by atoms with Crippen molar-refractivity contribution in [3.63, 3.8) is 0 Å². The Bertz CT molecular complexity index is 550. The van der Waals surface area contributed by atoms with Gasteiger partial charge in [-0.1, -0.05) is 6.42 Å². The molecular formula is C19H31FIN3O2. The van der Waals surface area contributed by atoms with Crippen molar-refractivity contribution in [2.24, 2.45) is 10.4 Å². The van der Waals surface area contributed by atoms with Gasteiger partial charge in [-0.2, -0.15) is 0 Å². The molecule has 0 amide bonds. The first-order valence-corrected chi connectivity index (χ1v) is 8.92. The Balaban J connectivity index is 0.00000338. The molecular weight excluding hydrogens is 448 g/mol. The molecule has 1 aromatic carbocycles. The molecule has 0 heterocycles. The van der Waals surface area contributed by atoms with E-state index in [-0.39, 0.29) is 35.9 Å². The predicted molar refractivity (Wildman–Crippen MR) is 114 cm³/mol. The van der Waals surface area contributed by atoms with Crippen LogP contribution >= 0.6 is 24.0 Å². The lowest BCUT2D eigenvalue weighted by molar-refractivity contribution is 0.0732. The van der Waals surface area contributed by atoms with Gasteiger partial charge in [0.15, 0.2) is 5.96 Å². The summed E-state index contributed by atoms with van der Waals surface area (Å²) in [5.41, 5.74) is 0.337. The maximum atomic E-state index is 12.9. The number of methoxy groups -OCH3 is 1. The van der Waals surface area contributed by atoms with Gasteiger partial charge >= 0.3 is 0 Å². The van der Waals surface area contributed by atoms with E-state index in [1.54, 1.807) is 26.3 Å². The lowest BCUT2D eigenvalue weighted by atomic mass is 9.67. The first-order chi connectivity index (χ1) is 12.1. The normalized spacial score (nSPS) is 16.8. The third kappa shape index (κ3) is 7.26. The van der Waals surface area contributed by atoms with E-state index in [9.17, 15) is 4.39 Å². The minimum atomic E-state index is -0.263. The van der Waals surface area contributed by atoms with Crippen LogP contribution in [0.1, 0.15) is 32.6 Å². The fraction of sp³-hybridized carbons (Fsp3) is 0.632. The zero-order chi connectivity index (χ0) is 18.1. The van der Waals surface area contributed by atoms with E-state index in [2.05, 4.69) is 15.6 Å². The molecule has 5 nitrogen and oxygen atoms in total. The van der Waals surface area contributed by atoms with Crippen LogP contribution in [-0.4, -0.2) is 45.9 Å². The first kappa shape index (κ1) is 23.0. The Kier molecular flexibility index (Phi) is 10.2. The van der Waals surface area contributed by atoms with Crippen LogP contribution < -0.4 is 15.4 Å². The maximum Gasteiger partial charge on any atom is 0.191 e. The van der Waals surface area contributed by atoms with Crippen molar-refractivity contribution < 1.29 is 13.9 Å². The lowest BCUT2D eigenvalue weighted by Gasteiger charge is -2.42. The lowest BCUT2D eigenvalue weighted by Crippen LogP contribution is -2.48. The zero-order valence-corrected chi connectivity index (χ0v) is 18.2. The van der Waals surface area contributed by atoms with Gasteiger partial charge in [0.05, 0.1) is 6.54 Å². The van der Waals surface area contributed by atoms with Crippen LogP contribution in [-0.2, 0) is 4.74 Å². The predicted octanol–water partition coefficient (Wildman–Crippen LogP) is 3.58. The van der Waals surface area contributed by atoms with Gasteiger partial charge in [0.1, 0.15) is 17.7 Å². The molecule has 1 aromatic rings. The number of halogens is 2. The molecule has 0 spiro atoms. The Hall–Kier alpha value is -1.09. The average molecular weight is 479 g/mol. The van der Waals surface area contributed by atoms with Crippen molar-refractivity contribution in [2.75, 3.05) is 33.9 Å². The number of hydrogen-bond donors (Lipinski definition) is 2. The van der Waals surface area contributed by atoms with Crippen molar-refractivity contribution in [3.05, 3.63) is 30.1 Å². The van der Waals surface area contributed by atoms with Crippen molar-refractivity contribution in [3.8, 4) is 5.75 Å². The van der Waals surface area contributed by atoms with Gasteiger partial charge in [-0.05, 0) is 55.9 Å². The Morgan fingerprint density at radius 1 is 1.27 bits per heavy atom. The van der Waals surface area contributed by atoms with Gasteiger partial charge in [-0.3, -0.25) is 4.99 Å². The first-order valence-electron chi connectivity index (χ1n) is 8.92. The fourth-order valence-electron chi connectivity index (χ4n) is 3.03. The molecule has 2 rings (SSSR count). The van der Waals surface area contributed by atoms with E-state index in [0.29, 0.717) is 17.7 Å². The molecule has 0 bridgehead atoms. The van der Waals surface area contributed by atoms with Gasteiger partial charge in [-0.15, -0.1) is 24.0 Å². The standard InChI is InChI=1S/C19H30FN3O2.HI/c1-15(25-17-7-5-16(20)6-8-17)13-22-18(21-2)23-14-19(9-4-10-19)11-12-24-3;/h5-8,15H,4,9-14H2,1-3H3,(H2,21,22,23);1H. The highest BCUT2D eigenvalue weighted by Gasteiger charge is 2.36. The van der Waals surface area contributed by atoms with Gasteiger partial charge < -0.3 is 20.1 Å². The molecule has 26 heavy (non-hydrogen) atoms. The number of aliphatic imine (C=N–C) groups is 1. The van der Waals surface area contributed by atoms with E-state index in [1.807, 2.05) is 6.92 Å². The van der Waals surface area contributed by atoms with Crippen LogP contribution in [0, 0.1) is 11.2 Å². The monoisotopic (exact) mass is 479 g/mol. The molecule has 148 valence electrons. The SMILES string of the molecule is CN=C(NCC(C)Oc1ccc(F)cc1)NCC1(CCOC)CCC1.I. The number of ether oxygens (including phenoxy) is 2. The molecule has 0 saturated heterocycles. The van der Waals surface area contributed by atoms with Gasteiger partial charge in [0, 0.05) is 27.3 Å². The summed E-state index contributed by atoms with van der Waals surface area (Å²) in [7, 11) is 3.52. The van der Waals surface area contributed by atoms with Crippen LogP contribution in [0.4, 0.5) is 4.39 Å². The van der Waals surface area contributed by atoms with Crippen LogP contribution in [0.25, 0.3) is 0 Å². The summed E-state index contributed by atoms with van der Waals surface area (Å²) in [6.45, 7) is 4.29. The second kappa shape index (κ2) is 11.6. The molecule has 2 N–H and O–H groups in total. The van der Waals surface area contributed by atoms with E-state index in [1.165, 1.54) is 31.4 Å². The average Bonchev–Trinajstić information content (AvgIpc) is 2.58. The highest BCUT2D eigenvalue weighted by Crippen LogP contribution is 2.43. The largest absolute Gasteiger partial charge is 0.489 e. The van der Waals surface area contributed by atoms with Crippen molar-refractivity contribution in [2.45, 2.75) is 38.7 Å². The number of rotatable bonds is 9. The number of nitrogens with one attached hydrogen (secondary N) is 2. The summed E-state index contributed by atoms with van der Waals surface area (Å²) in [4.78, 5) is 4.28. The fourth-order valence-corrected chi connectivity index (χ4v) is 3.03. The van der Waals surface area contributed by atoms with E-state index >= 15 is 0 Å². The molecule has 1 aliphatic rings. The molecule has 1 aliphatic carbocycles. The van der Waals surface area contributed by atoms with Crippen molar-refractivity contribution >= 4 is 29.9 Å². The molecule has 0 aromatic heterocycles.